The topological polar surface area (TPSA) is 48.1 Å². The SMILES string of the molecule is CC(CN)COCc1cncc(Br)c1. The van der Waals surface area contributed by atoms with Crippen LogP contribution < -0.4 is 5.73 Å². The molecule has 0 fully saturated rings. The summed E-state index contributed by atoms with van der Waals surface area (Å²) in [6, 6.07) is 2.00. The van der Waals surface area contributed by atoms with Crippen LogP contribution in [0.1, 0.15) is 12.5 Å². The molecule has 0 amide bonds. The monoisotopic (exact) mass is 258 g/mol. The summed E-state index contributed by atoms with van der Waals surface area (Å²) in [7, 11) is 0. The van der Waals surface area contributed by atoms with Crippen LogP contribution >= 0.6 is 15.9 Å². The third-order valence-corrected chi connectivity index (χ3v) is 2.27. The zero-order valence-corrected chi connectivity index (χ0v) is 9.83. The predicted molar refractivity (Wildman–Crippen MR) is 59.8 cm³/mol. The van der Waals surface area contributed by atoms with Crippen molar-refractivity contribution in [2.75, 3.05) is 13.2 Å². The smallest absolute Gasteiger partial charge is 0.0732 e. The average molecular weight is 259 g/mol. The summed E-state index contributed by atoms with van der Waals surface area (Å²) in [6.07, 6.45) is 3.56. The zero-order valence-electron chi connectivity index (χ0n) is 8.24. The molecule has 4 heteroatoms. The molecule has 0 saturated heterocycles. The Labute approximate surface area is 92.8 Å². The van der Waals surface area contributed by atoms with Crippen molar-refractivity contribution in [1.82, 2.24) is 4.98 Å². The van der Waals surface area contributed by atoms with Crippen molar-refractivity contribution in [3.05, 3.63) is 28.5 Å². The highest BCUT2D eigenvalue weighted by molar-refractivity contribution is 9.10. The molecule has 0 aliphatic heterocycles. The molecular formula is C10H15BrN2O. The number of nitrogens with zero attached hydrogens (tertiary/aromatic N) is 1. The standard InChI is InChI=1S/C10H15BrN2O/c1-8(3-12)6-14-7-9-2-10(11)5-13-4-9/h2,4-5,8H,3,6-7,12H2,1H3. The van der Waals surface area contributed by atoms with Crippen LogP contribution in [0.2, 0.25) is 0 Å². The first kappa shape index (κ1) is 11.6. The quantitative estimate of drug-likeness (QED) is 0.879. The van der Waals surface area contributed by atoms with Crippen LogP contribution in [0.25, 0.3) is 0 Å². The lowest BCUT2D eigenvalue weighted by atomic mass is 10.2. The maximum atomic E-state index is 5.49. The zero-order chi connectivity index (χ0) is 10.4. The maximum absolute atomic E-state index is 5.49. The van der Waals surface area contributed by atoms with Crippen LogP contribution in [0.4, 0.5) is 0 Å². The van der Waals surface area contributed by atoms with Gasteiger partial charge in [0.1, 0.15) is 0 Å². The van der Waals surface area contributed by atoms with E-state index in [2.05, 4.69) is 27.8 Å². The van der Waals surface area contributed by atoms with E-state index in [1.54, 1.807) is 12.4 Å². The van der Waals surface area contributed by atoms with E-state index >= 15 is 0 Å². The Balaban J connectivity index is 2.31. The van der Waals surface area contributed by atoms with E-state index in [0.717, 1.165) is 10.0 Å². The number of hydrogen-bond acceptors (Lipinski definition) is 3. The van der Waals surface area contributed by atoms with Crippen molar-refractivity contribution < 1.29 is 4.74 Å². The molecule has 1 aromatic heterocycles. The van der Waals surface area contributed by atoms with Crippen molar-refractivity contribution in [3.8, 4) is 0 Å². The van der Waals surface area contributed by atoms with E-state index in [1.807, 2.05) is 6.07 Å². The Morgan fingerprint density at radius 3 is 3.00 bits per heavy atom. The molecule has 0 bridgehead atoms. The second-order valence-electron chi connectivity index (χ2n) is 3.37. The number of aromatic nitrogens is 1. The van der Waals surface area contributed by atoms with Gasteiger partial charge >= 0.3 is 0 Å². The van der Waals surface area contributed by atoms with Gasteiger partial charge in [-0.05, 0) is 40.0 Å². The maximum Gasteiger partial charge on any atom is 0.0732 e. The largest absolute Gasteiger partial charge is 0.376 e. The van der Waals surface area contributed by atoms with Gasteiger partial charge in [-0.3, -0.25) is 4.98 Å². The first-order chi connectivity index (χ1) is 6.72. The van der Waals surface area contributed by atoms with Crippen LogP contribution in [-0.2, 0) is 11.3 Å². The molecule has 1 aromatic rings. The minimum atomic E-state index is 0.412. The van der Waals surface area contributed by atoms with Crippen molar-refractivity contribution in [1.29, 1.82) is 0 Å². The van der Waals surface area contributed by atoms with Crippen molar-refractivity contribution >= 4 is 15.9 Å². The fourth-order valence-corrected chi connectivity index (χ4v) is 1.39. The number of hydrogen-bond donors (Lipinski definition) is 1. The van der Waals surface area contributed by atoms with Crippen LogP contribution in [0.5, 0.6) is 0 Å². The second-order valence-corrected chi connectivity index (χ2v) is 4.28. The molecule has 1 atom stereocenters. The first-order valence-corrected chi connectivity index (χ1v) is 5.39. The van der Waals surface area contributed by atoms with Gasteiger partial charge in [-0.15, -0.1) is 0 Å². The van der Waals surface area contributed by atoms with Crippen molar-refractivity contribution in [2.45, 2.75) is 13.5 Å². The number of pyridine rings is 1. The van der Waals surface area contributed by atoms with Crippen LogP contribution in [-0.4, -0.2) is 18.1 Å². The van der Waals surface area contributed by atoms with Gasteiger partial charge in [-0.1, -0.05) is 6.92 Å². The number of rotatable bonds is 5. The molecule has 0 aliphatic carbocycles. The molecule has 0 saturated carbocycles. The van der Waals surface area contributed by atoms with Gasteiger partial charge in [0.2, 0.25) is 0 Å². The van der Waals surface area contributed by atoms with Crippen molar-refractivity contribution in [2.24, 2.45) is 11.7 Å². The lowest BCUT2D eigenvalue weighted by Gasteiger charge is -2.09. The van der Waals surface area contributed by atoms with E-state index in [0.29, 0.717) is 25.7 Å². The first-order valence-electron chi connectivity index (χ1n) is 4.59. The molecular weight excluding hydrogens is 244 g/mol. The predicted octanol–water partition coefficient (Wildman–Crippen LogP) is 1.96. The Kier molecular flexibility index (Phi) is 5.07. The molecule has 1 rings (SSSR count). The molecule has 0 spiro atoms. The minimum absolute atomic E-state index is 0.412. The van der Waals surface area contributed by atoms with Gasteiger partial charge in [0.15, 0.2) is 0 Å². The fraction of sp³-hybridized carbons (Fsp3) is 0.500. The highest BCUT2D eigenvalue weighted by Crippen LogP contribution is 2.10. The third-order valence-electron chi connectivity index (χ3n) is 1.83. The highest BCUT2D eigenvalue weighted by atomic mass is 79.9. The van der Waals surface area contributed by atoms with E-state index < -0.39 is 0 Å². The Morgan fingerprint density at radius 1 is 1.57 bits per heavy atom. The van der Waals surface area contributed by atoms with Gasteiger partial charge in [-0.2, -0.15) is 0 Å². The lowest BCUT2D eigenvalue weighted by Crippen LogP contribution is -2.16. The fourth-order valence-electron chi connectivity index (χ4n) is 0.981. The Bertz CT molecular complexity index is 281. The summed E-state index contributed by atoms with van der Waals surface area (Å²) in [6.45, 7) is 4.02. The molecule has 0 aromatic carbocycles. The summed E-state index contributed by atoms with van der Waals surface area (Å²) >= 11 is 3.36. The summed E-state index contributed by atoms with van der Waals surface area (Å²) in [5.74, 6) is 0.412. The highest BCUT2D eigenvalue weighted by Gasteiger charge is 1.99. The summed E-state index contributed by atoms with van der Waals surface area (Å²) in [5, 5.41) is 0. The van der Waals surface area contributed by atoms with Crippen molar-refractivity contribution in [3.63, 3.8) is 0 Å². The Hall–Kier alpha value is -0.450. The van der Waals surface area contributed by atoms with E-state index in [-0.39, 0.29) is 0 Å². The molecule has 1 heterocycles. The van der Waals surface area contributed by atoms with Crippen LogP contribution in [0.15, 0.2) is 22.9 Å². The average Bonchev–Trinajstić information content (AvgIpc) is 2.17. The van der Waals surface area contributed by atoms with Gasteiger partial charge in [-0.25, -0.2) is 0 Å². The van der Waals surface area contributed by atoms with Gasteiger partial charge in [0.05, 0.1) is 13.2 Å². The lowest BCUT2D eigenvalue weighted by molar-refractivity contribution is 0.0942. The van der Waals surface area contributed by atoms with E-state index in [4.69, 9.17) is 10.5 Å². The minimum Gasteiger partial charge on any atom is -0.376 e. The van der Waals surface area contributed by atoms with Gasteiger partial charge in [0.25, 0.3) is 0 Å². The molecule has 2 N–H and O–H groups in total. The van der Waals surface area contributed by atoms with E-state index in [1.165, 1.54) is 0 Å². The Morgan fingerprint density at radius 2 is 2.36 bits per heavy atom. The second kappa shape index (κ2) is 6.11. The molecule has 14 heavy (non-hydrogen) atoms. The summed E-state index contributed by atoms with van der Waals surface area (Å²) < 4.78 is 6.46. The molecule has 1 unspecified atom stereocenters. The van der Waals surface area contributed by atoms with Gasteiger partial charge < -0.3 is 10.5 Å². The molecule has 0 radical (unpaired) electrons. The van der Waals surface area contributed by atoms with E-state index in [9.17, 15) is 0 Å². The molecule has 78 valence electrons. The van der Waals surface area contributed by atoms with Crippen LogP contribution in [0.3, 0.4) is 0 Å². The molecule has 3 nitrogen and oxygen atoms in total. The number of ether oxygens (including phenoxy) is 1. The normalized spacial score (nSPS) is 12.8. The number of halogens is 1. The van der Waals surface area contributed by atoms with Crippen LogP contribution in [0, 0.1) is 5.92 Å². The number of nitrogens with two attached hydrogens (primary N) is 1. The van der Waals surface area contributed by atoms with Gasteiger partial charge in [0, 0.05) is 16.9 Å². The third kappa shape index (κ3) is 4.17. The summed E-state index contributed by atoms with van der Waals surface area (Å²) in [5.41, 5.74) is 6.55. The summed E-state index contributed by atoms with van der Waals surface area (Å²) in [4.78, 5) is 4.05. The molecule has 0 aliphatic rings.